The molecule has 0 aliphatic heterocycles. The summed E-state index contributed by atoms with van der Waals surface area (Å²) in [6.07, 6.45) is -5.07. The summed E-state index contributed by atoms with van der Waals surface area (Å²) < 4.78 is 44.8. The van der Waals surface area contributed by atoms with Crippen LogP contribution in [0.5, 0.6) is 0 Å². The molecule has 0 saturated heterocycles. The van der Waals surface area contributed by atoms with Gasteiger partial charge in [0.15, 0.2) is 5.78 Å². The molecule has 2 aromatic rings. The Hall–Kier alpha value is -3.16. The minimum atomic E-state index is -5.11. The second-order valence-corrected chi connectivity index (χ2v) is 6.48. The Kier molecular flexibility index (Phi) is 6.79. The topological polar surface area (TPSA) is 72.5 Å². The van der Waals surface area contributed by atoms with Crippen LogP contribution in [0.15, 0.2) is 54.6 Å². The van der Waals surface area contributed by atoms with E-state index in [-0.39, 0.29) is 24.3 Å². The highest BCUT2D eigenvalue weighted by atomic mass is 19.4. The third kappa shape index (κ3) is 5.22. The smallest absolute Gasteiger partial charge is 0.437 e. The van der Waals surface area contributed by atoms with Crippen LogP contribution in [0.4, 0.5) is 18.9 Å². The van der Waals surface area contributed by atoms with Crippen molar-refractivity contribution in [2.24, 2.45) is 0 Å². The van der Waals surface area contributed by atoms with Crippen LogP contribution in [-0.4, -0.2) is 29.4 Å². The van der Waals surface area contributed by atoms with Gasteiger partial charge in [0.2, 0.25) is 0 Å². The molecule has 0 heterocycles. The van der Waals surface area contributed by atoms with Crippen LogP contribution < -0.4 is 5.32 Å². The molecule has 2 rings (SSSR count). The molecule has 0 aliphatic rings. The van der Waals surface area contributed by atoms with Crippen molar-refractivity contribution >= 4 is 23.3 Å². The summed E-state index contributed by atoms with van der Waals surface area (Å²) in [5.41, 5.74) is -2.54. The van der Waals surface area contributed by atoms with E-state index in [9.17, 15) is 27.6 Å². The van der Waals surface area contributed by atoms with Crippen LogP contribution in [0, 0.1) is 0 Å². The van der Waals surface area contributed by atoms with Crippen LogP contribution in [0.1, 0.15) is 42.6 Å². The first-order valence-corrected chi connectivity index (χ1v) is 8.88. The second kappa shape index (κ2) is 8.89. The van der Waals surface area contributed by atoms with Crippen LogP contribution in [0.3, 0.4) is 0 Å². The summed E-state index contributed by atoms with van der Waals surface area (Å²) in [4.78, 5) is 36.2. The third-order valence-electron chi connectivity index (χ3n) is 4.19. The zero-order chi connectivity index (χ0) is 21.7. The molecular formula is C21H20F3NO4. The number of carbonyl (C=O) groups excluding carboxylic acids is 3. The lowest BCUT2D eigenvalue weighted by molar-refractivity contribution is -0.254. The number of halogens is 3. The van der Waals surface area contributed by atoms with E-state index in [4.69, 9.17) is 0 Å². The average molecular weight is 407 g/mol. The Morgan fingerprint density at radius 1 is 0.931 bits per heavy atom. The number of hydrogen-bond acceptors (Lipinski definition) is 4. The molecule has 1 amide bonds. The van der Waals surface area contributed by atoms with E-state index < -0.39 is 23.7 Å². The van der Waals surface area contributed by atoms with Crippen LogP contribution in [0.25, 0.3) is 0 Å². The first-order chi connectivity index (χ1) is 13.6. The van der Waals surface area contributed by atoms with Gasteiger partial charge in [0.1, 0.15) is 0 Å². The monoisotopic (exact) mass is 407 g/mol. The molecular weight excluding hydrogens is 387 g/mol. The molecule has 29 heavy (non-hydrogen) atoms. The van der Waals surface area contributed by atoms with Crippen molar-refractivity contribution in [2.45, 2.75) is 38.5 Å². The molecule has 0 aliphatic carbocycles. The van der Waals surface area contributed by atoms with Gasteiger partial charge in [0.25, 0.3) is 11.5 Å². The summed E-state index contributed by atoms with van der Waals surface area (Å²) in [5.74, 6) is -2.92. The Bertz CT molecular complexity index is 879. The van der Waals surface area contributed by atoms with E-state index in [2.05, 4.69) is 10.1 Å². The molecule has 0 radical (unpaired) electrons. The van der Waals surface area contributed by atoms with E-state index in [1.807, 2.05) is 0 Å². The number of amides is 1. The number of hydrogen-bond donors (Lipinski definition) is 1. The lowest BCUT2D eigenvalue weighted by Crippen LogP contribution is -2.55. The SMILES string of the molecule is CCCC(=O)O[C@](C)(C(=O)Nc1ccc(C(=O)c2ccccc2)cc1)C(F)(F)F. The number of rotatable bonds is 7. The molecule has 0 aromatic heterocycles. The van der Waals surface area contributed by atoms with Crippen molar-refractivity contribution in [1.82, 2.24) is 0 Å². The van der Waals surface area contributed by atoms with E-state index >= 15 is 0 Å². The molecule has 0 spiro atoms. The number of anilines is 1. The molecule has 1 N–H and O–H groups in total. The van der Waals surface area contributed by atoms with Gasteiger partial charge in [-0.3, -0.25) is 14.4 Å². The van der Waals surface area contributed by atoms with E-state index in [0.29, 0.717) is 18.1 Å². The zero-order valence-electron chi connectivity index (χ0n) is 15.9. The quantitative estimate of drug-likeness (QED) is 0.541. The highest BCUT2D eigenvalue weighted by molar-refractivity contribution is 6.09. The maximum Gasteiger partial charge on any atom is 0.437 e. The normalized spacial score (nSPS) is 13.3. The molecule has 1 atom stereocenters. The predicted octanol–water partition coefficient (Wildman–Crippen LogP) is 4.52. The minimum absolute atomic E-state index is 0.0293. The molecule has 2 aromatic carbocycles. The van der Waals surface area contributed by atoms with Gasteiger partial charge in [-0.1, -0.05) is 37.3 Å². The molecule has 154 valence electrons. The molecule has 5 nitrogen and oxygen atoms in total. The Balaban J connectivity index is 2.17. The van der Waals surface area contributed by atoms with Crippen molar-refractivity contribution in [3.63, 3.8) is 0 Å². The lowest BCUT2D eigenvalue weighted by Gasteiger charge is -2.30. The summed E-state index contributed by atoms with van der Waals surface area (Å²) in [6.45, 7) is 2.10. The minimum Gasteiger partial charge on any atom is -0.439 e. The van der Waals surface area contributed by atoms with Crippen molar-refractivity contribution in [3.8, 4) is 0 Å². The lowest BCUT2D eigenvalue weighted by atomic mass is 10.0. The number of ether oxygens (including phenoxy) is 1. The van der Waals surface area contributed by atoms with Crippen LogP contribution in [-0.2, 0) is 14.3 Å². The van der Waals surface area contributed by atoms with Gasteiger partial charge in [0.05, 0.1) is 0 Å². The Morgan fingerprint density at radius 2 is 1.48 bits per heavy atom. The van der Waals surface area contributed by atoms with Crippen molar-refractivity contribution in [2.75, 3.05) is 5.32 Å². The number of ketones is 1. The van der Waals surface area contributed by atoms with Crippen molar-refractivity contribution in [3.05, 3.63) is 65.7 Å². The summed E-state index contributed by atoms with van der Waals surface area (Å²) in [7, 11) is 0. The Labute approximate surface area is 165 Å². The standard InChI is InChI=1S/C21H20F3NO4/c1-3-7-17(26)29-20(2,21(22,23)24)19(28)25-16-12-10-15(11-13-16)18(27)14-8-5-4-6-9-14/h4-6,8-13H,3,7H2,1-2H3,(H,25,28)/t20-/m1/s1. The molecule has 0 bridgehead atoms. The number of benzene rings is 2. The first-order valence-electron chi connectivity index (χ1n) is 8.88. The Morgan fingerprint density at radius 3 is 2.00 bits per heavy atom. The van der Waals surface area contributed by atoms with Gasteiger partial charge in [-0.05, 0) is 37.6 Å². The van der Waals surface area contributed by atoms with Gasteiger partial charge in [-0.25, -0.2) is 0 Å². The number of carbonyl (C=O) groups is 3. The molecule has 0 unspecified atom stereocenters. The maximum atomic E-state index is 13.4. The fourth-order valence-electron chi connectivity index (χ4n) is 2.43. The zero-order valence-corrected chi connectivity index (χ0v) is 15.9. The molecule has 0 fully saturated rings. The van der Waals surface area contributed by atoms with Gasteiger partial charge < -0.3 is 10.1 Å². The van der Waals surface area contributed by atoms with E-state index in [1.54, 1.807) is 37.3 Å². The highest BCUT2D eigenvalue weighted by Gasteiger charge is 2.60. The molecule has 8 heteroatoms. The first kappa shape index (κ1) is 22.1. The second-order valence-electron chi connectivity index (χ2n) is 6.48. The number of esters is 1. The largest absolute Gasteiger partial charge is 0.439 e. The predicted molar refractivity (Wildman–Crippen MR) is 100 cm³/mol. The van der Waals surface area contributed by atoms with Crippen molar-refractivity contribution in [1.29, 1.82) is 0 Å². The van der Waals surface area contributed by atoms with Crippen LogP contribution in [0.2, 0.25) is 0 Å². The summed E-state index contributed by atoms with van der Waals surface area (Å²) in [5, 5.41) is 2.09. The van der Waals surface area contributed by atoms with Gasteiger partial charge in [-0.2, -0.15) is 13.2 Å². The molecule has 0 saturated carbocycles. The summed E-state index contributed by atoms with van der Waals surface area (Å²) in [6, 6.07) is 13.8. The summed E-state index contributed by atoms with van der Waals surface area (Å²) >= 11 is 0. The number of alkyl halides is 3. The maximum absolute atomic E-state index is 13.4. The fraction of sp³-hybridized carbons (Fsp3) is 0.286. The van der Waals surface area contributed by atoms with Gasteiger partial charge >= 0.3 is 12.1 Å². The van der Waals surface area contributed by atoms with E-state index in [0.717, 1.165) is 0 Å². The third-order valence-corrected chi connectivity index (χ3v) is 4.19. The average Bonchev–Trinajstić information content (AvgIpc) is 2.68. The van der Waals surface area contributed by atoms with Gasteiger partial charge in [-0.15, -0.1) is 0 Å². The highest BCUT2D eigenvalue weighted by Crippen LogP contribution is 2.35. The number of nitrogens with one attached hydrogen (secondary N) is 1. The van der Waals surface area contributed by atoms with E-state index in [1.165, 1.54) is 24.3 Å². The van der Waals surface area contributed by atoms with Crippen molar-refractivity contribution < 1.29 is 32.3 Å². The fourth-order valence-corrected chi connectivity index (χ4v) is 2.43. The van der Waals surface area contributed by atoms with Gasteiger partial charge in [0, 0.05) is 23.2 Å². The van der Waals surface area contributed by atoms with Crippen LogP contribution >= 0.6 is 0 Å².